The molecule has 2 atom stereocenters. The summed E-state index contributed by atoms with van der Waals surface area (Å²) in [6, 6.07) is 9.61. The van der Waals surface area contributed by atoms with Crippen molar-refractivity contribution in [3.05, 3.63) is 29.8 Å². The van der Waals surface area contributed by atoms with E-state index in [1.807, 2.05) is 0 Å². The molecule has 3 aliphatic rings. The molecule has 0 aliphatic carbocycles. The largest absolute Gasteiger partial charge is 0.374 e. The maximum Gasteiger partial charge on any atom is 0.0751 e. The highest BCUT2D eigenvalue weighted by Gasteiger charge is 2.34. The van der Waals surface area contributed by atoms with Crippen molar-refractivity contribution in [1.82, 2.24) is 0 Å². The van der Waals surface area contributed by atoms with Gasteiger partial charge in [0.15, 0.2) is 0 Å². The standard InChI is InChI=1S/C15H21NO/c1-11(2)12-4-3-5-13(8-12)16-9-15-7-6-14(16)10-17-15/h3-5,8,11,14-15H,6-7,9-10H2,1-2H3/t14-,15-/m0/s1. The Bertz CT molecular complexity index is 394. The smallest absolute Gasteiger partial charge is 0.0751 e. The van der Waals surface area contributed by atoms with Crippen LogP contribution in [0.25, 0.3) is 0 Å². The first-order valence-electron chi connectivity index (χ1n) is 6.72. The van der Waals surface area contributed by atoms with Crippen molar-refractivity contribution in [3.63, 3.8) is 0 Å². The monoisotopic (exact) mass is 231 g/mol. The Labute approximate surface area is 104 Å². The summed E-state index contributed by atoms with van der Waals surface area (Å²) in [5.74, 6) is 0.605. The summed E-state index contributed by atoms with van der Waals surface area (Å²) in [5, 5.41) is 0. The van der Waals surface area contributed by atoms with Gasteiger partial charge in [-0.3, -0.25) is 0 Å². The quantitative estimate of drug-likeness (QED) is 0.775. The van der Waals surface area contributed by atoms with Crippen molar-refractivity contribution in [3.8, 4) is 0 Å². The van der Waals surface area contributed by atoms with E-state index in [2.05, 4.69) is 43.0 Å². The molecular weight excluding hydrogens is 210 g/mol. The molecular formula is C15H21NO. The molecule has 1 aromatic rings. The van der Waals surface area contributed by atoms with Gasteiger partial charge in [-0.2, -0.15) is 0 Å². The lowest BCUT2D eigenvalue weighted by atomic mass is 9.95. The summed E-state index contributed by atoms with van der Waals surface area (Å²) < 4.78 is 5.76. The van der Waals surface area contributed by atoms with Crippen LogP contribution in [-0.4, -0.2) is 25.3 Å². The number of nitrogens with zero attached hydrogens (tertiary/aromatic N) is 1. The molecule has 17 heavy (non-hydrogen) atoms. The van der Waals surface area contributed by atoms with Crippen molar-refractivity contribution in [2.45, 2.75) is 44.8 Å². The first kappa shape index (κ1) is 11.1. The van der Waals surface area contributed by atoms with Gasteiger partial charge < -0.3 is 9.64 Å². The van der Waals surface area contributed by atoms with Crippen LogP contribution in [-0.2, 0) is 4.74 Å². The molecule has 0 saturated carbocycles. The van der Waals surface area contributed by atoms with E-state index in [-0.39, 0.29) is 0 Å². The summed E-state index contributed by atoms with van der Waals surface area (Å²) in [7, 11) is 0. The van der Waals surface area contributed by atoms with E-state index < -0.39 is 0 Å². The molecule has 92 valence electrons. The highest BCUT2D eigenvalue weighted by atomic mass is 16.5. The average Bonchev–Trinajstić information content (AvgIpc) is 2.40. The zero-order valence-electron chi connectivity index (χ0n) is 10.7. The minimum atomic E-state index is 0.461. The van der Waals surface area contributed by atoms with Crippen LogP contribution in [0.3, 0.4) is 0 Å². The van der Waals surface area contributed by atoms with E-state index in [0.29, 0.717) is 18.1 Å². The molecule has 2 bridgehead atoms. The Hall–Kier alpha value is -1.02. The predicted octanol–water partition coefficient (Wildman–Crippen LogP) is 3.18. The van der Waals surface area contributed by atoms with Crippen molar-refractivity contribution >= 4 is 5.69 Å². The maximum atomic E-state index is 5.76. The lowest BCUT2D eigenvalue weighted by Gasteiger charge is -2.46. The minimum absolute atomic E-state index is 0.461. The summed E-state index contributed by atoms with van der Waals surface area (Å²) in [5.41, 5.74) is 2.82. The lowest BCUT2D eigenvalue weighted by molar-refractivity contribution is -0.0225. The molecule has 4 rings (SSSR count). The van der Waals surface area contributed by atoms with Crippen LogP contribution in [0.1, 0.15) is 38.2 Å². The molecule has 1 aromatic carbocycles. The maximum absolute atomic E-state index is 5.76. The highest BCUT2D eigenvalue weighted by molar-refractivity contribution is 5.51. The molecule has 0 radical (unpaired) electrons. The van der Waals surface area contributed by atoms with E-state index in [9.17, 15) is 0 Å². The van der Waals surface area contributed by atoms with Crippen LogP contribution in [0.15, 0.2) is 24.3 Å². The van der Waals surface area contributed by atoms with Crippen molar-refractivity contribution in [2.24, 2.45) is 0 Å². The molecule has 3 heterocycles. The average molecular weight is 231 g/mol. The Morgan fingerprint density at radius 3 is 2.76 bits per heavy atom. The Balaban J connectivity index is 1.86. The van der Waals surface area contributed by atoms with Crippen molar-refractivity contribution in [1.29, 1.82) is 0 Å². The number of ether oxygens (including phenoxy) is 1. The third-order valence-corrected chi connectivity index (χ3v) is 4.06. The third-order valence-electron chi connectivity index (χ3n) is 4.06. The second-order valence-corrected chi connectivity index (χ2v) is 5.59. The number of anilines is 1. The number of fused-ring (bicyclic) bond motifs is 3. The van der Waals surface area contributed by atoms with Crippen LogP contribution in [0.2, 0.25) is 0 Å². The van der Waals surface area contributed by atoms with Gasteiger partial charge in [0, 0.05) is 12.2 Å². The minimum Gasteiger partial charge on any atom is -0.374 e. The first-order valence-corrected chi connectivity index (χ1v) is 6.72. The number of hydrogen-bond donors (Lipinski definition) is 0. The third kappa shape index (κ3) is 2.06. The molecule has 2 heteroatoms. The fourth-order valence-electron chi connectivity index (χ4n) is 2.93. The predicted molar refractivity (Wildman–Crippen MR) is 70.6 cm³/mol. The van der Waals surface area contributed by atoms with E-state index >= 15 is 0 Å². The van der Waals surface area contributed by atoms with Crippen LogP contribution in [0, 0.1) is 0 Å². The van der Waals surface area contributed by atoms with Gasteiger partial charge in [0.2, 0.25) is 0 Å². The molecule has 3 saturated heterocycles. The summed E-state index contributed by atoms with van der Waals surface area (Å²) in [6.45, 7) is 6.50. The fourth-order valence-corrected chi connectivity index (χ4v) is 2.93. The number of benzene rings is 1. The van der Waals surface area contributed by atoms with Crippen LogP contribution < -0.4 is 4.90 Å². The zero-order chi connectivity index (χ0) is 11.8. The van der Waals surface area contributed by atoms with Gasteiger partial charge in [0.1, 0.15) is 0 Å². The number of morpholine rings is 1. The molecule has 3 fully saturated rings. The van der Waals surface area contributed by atoms with Crippen LogP contribution >= 0.6 is 0 Å². The number of rotatable bonds is 2. The normalized spacial score (nSPS) is 27.8. The lowest BCUT2D eigenvalue weighted by Crippen LogP contribution is -2.54. The number of piperidine rings is 1. The SMILES string of the molecule is CC(C)c1cccc(N2C[C@@H]3CC[C@H]2CO3)c1. The topological polar surface area (TPSA) is 12.5 Å². The van der Waals surface area contributed by atoms with Gasteiger partial charge in [0.25, 0.3) is 0 Å². The Kier molecular flexibility index (Phi) is 2.83. The summed E-state index contributed by atoms with van der Waals surface area (Å²) in [4.78, 5) is 2.55. The Morgan fingerprint density at radius 1 is 1.29 bits per heavy atom. The molecule has 2 nitrogen and oxygen atoms in total. The van der Waals surface area contributed by atoms with Gasteiger partial charge in [0.05, 0.1) is 18.8 Å². The fraction of sp³-hybridized carbons (Fsp3) is 0.600. The molecule has 0 spiro atoms. The van der Waals surface area contributed by atoms with Crippen molar-refractivity contribution < 1.29 is 4.74 Å². The van der Waals surface area contributed by atoms with Gasteiger partial charge in [-0.05, 0) is 36.5 Å². The molecule has 0 aromatic heterocycles. The first-order chi connectivity index (χ1) is 8.24. The molecule has 0 amide bonds. The molecule has 3 aliphatic heterocycles. The van der Waals surface area contributed by atoms with E-state index in [4.69, 9.17) is 4.74 Å². The zero-order valence-corrected chi connectivity index (χ0v) is 10.7. The van der Waals surface area contributed by atoms with Crippen molar-refractivity contribution in [2.75, 3.05) is 18.1 Å². The van der Waals surface area contributed by atoms with E-state index in [1.165, 1.54) is 24.1 Å². The van der Waals surface area contributed by atoms with Gasteiger partial charge >= 0.3 is 0 Å². The van der Waals surface area contributed by atoms with Gasteiger partial charge in [-0.1, -0.05) is 26.0 Å². The summed E-state index contributed by atoms with van der Waals surface area (Å²) >= 11 is 0. The second-order valence-electron chi connectivity index (χ2n) is 5.59. The summed E-state index contributed by atoms with van der Waals surface area (Å²) in [6.07, 6.45) is 2.99. The highest BCUT2D eigenvalue weighted by Crippen LogP contribution is 2.32. The number of hydrogen-bond acceptors (Lipinski definition) is 2. The second kappa shape index (κ2) is 4.34. The Morgan fingerprint density at radius 2 is 2.18 bits per heavy atom. The van der Waals surface area contributed by atoms with Crippen LogP contribution in [0.5, 0.6) is 0 Å². The van der Waals surface area contributed by atoms with Crippen LogP contribution in [0.4, 0.5) is 5.69 Å². The van der Waals surface area contributed by atoms with Gasteiger partial charge in [-0.25, -0.2) is 0 Å². The van der Waals surface area contributed by atoms with E-state index in [0.717, 1.165) is 13.2 Å². The molecule has 0 N–H and O–H groups in total. The van der Waals surface area contributed by atoms with Gasteiger partial charge in [-0.15, -0.1) is 0 Å². The van der Waals surface area contributed by atoms with E-state index in [1.54, 1.807) is 0 Å². The molecule has 0 unspecified atom stereocenters.